The summed E-state index contributed by atoms with van der Waals surface area (Å²) in [5.74, 6) is 0.561. The van der Waals surface area contributed by atoms with Crippen LogP contribution in [0.2, 0.25) is 0 Å². The zero-order valence-corrected chi connectivity index (χ0v) is 17.9. The van der Waals surface area contributed by atoms with Crippen LogP contribution in [0.3, 0.4) is 0 Å². The number of aryl methyl sites for hydroxylation is 2. The summed E-state index contributed by atoms with van der Waals surface area (Å²) >= 11 is 0. The summed E-state index contributed by atoms with van der Waals surface area (Å²) in [4.78, 5) is 17.3. The molecule has 0 bridgehead atoms. The Bertz CT molecular complexity index is 1180. The van der Waals surface area contributed by atoms with Gasteiger partial charge in [0.25, 0.3) is 5.91 Å². The van der Waals surface area contributed by atoms with E-state index < -0.39 is 10.0 Å². The number of hydrogen-bond donors (Lipinski definition) is 1. The Balaban J connectivity index is 1.44. The first-order valence-electron chi connectivity index (χ1n) is 9.82. The summed E-state index contributed by atoms with van der Waals surface area (Å²) in [6, 6.07) is 9.28. The smallest absolute Gasteiger partial charge is 0.268 e. The summed E-state index contributed by atoms with van der Waals surface area (Å²) in [5.41, 5.74) is 2.23. The van der Waals surface area contributed by atoms with Crippen LogP contribution in [0.4, 0.5) is 0 Å². The molecule has 1 aliphatic heterocycles. The van der Waals surface area contributed by atoms with E-state index in [-0.39, 0.29) is 10.8 Å². The van der Waals surface area contributed by atoms with E-state index in [1.54, 1.807) is 11.6 Å². The summed E-state index contributed by atoms with van der Waals surface area (Å²) < 4.78 is 35.9. The van der Waals surface area contributed by atoms with E-state index in [9.17, 15) is 13.2 Å². The third-order valence-electron chi connectivity index (χ3n) is 5.29. The Hall–Kier alpha value is -2.69. The number of nitrogens with one attached hydrogen (secondary N) is 1. The quantitative estimate of drug-likeness (QED) is 0.631. The highest BCUT2D eigenvalue weighted by Crippen LogP contribution is 2.20. The maximum absolute atomic E-state index is 12.8. The summed E-state index contributed by atoms with van der Waals surface area (Å²) in [5, 5.41) is 2.88. The van der Waals surface area contributed by atoms with Crippen molar-refractivity contribution in [2.24, 2.45) is 7.05 Å². The first-order chi connectivity index (χ1) is 14.4. The van der Waals surface area contributed by atoms with Gasteiger partial charge in [-0.25, -0.2) is 13.4 Å². The van der Waals surface area contributed by atoms with Gasteiger partial charge in [0, 0.05) is 39.4 Å². The van der Waals surface area contributed by atoms with E-state index in [0.717, 1.165) is 16.9 Å². The molecule has 0 saturated carbocycles. The molecule has 10 heteroatoms. The number of nitrogens with zero attached hydrogens (tertiary/aromatic N) is 4. The number of fused-ring (bicyclic) bond motifs is 1. The van der Waals surface area contributed by atoms with E-state index in [4.69, 9.17) is 4.74 Å². The molecule has 0 spiro atoms. The van der Waals surface area contributed by atoms with Gasteiger partial charge in [0.2, 0.25) is 10.0 Å². The molecule has 1 fully saturated rings. The average molecular weight is 432 g/mol. The van der Waals surface area contributed by atoms with Crippen LogP contribution in [-0.4, -0.2) is 65.6 Å². The maximum Gasteiger partial charge on any atom is 0.268 e. The molecule has 1 N–H and O–H groups in total. The Morgan fingerprint density at radius 1 is 1.23 bits per heavy atom. The molecule has 3 aromatic rings. The maximum atomic E-state index is 12.8. The predicted molar refractivity (Wildman–Crippen MR) is 112 cm³/mol. The molecule has 0 radical (unpaired) electrons. The van der Waals surface area contributed by atoms with E-state index in [2.05, 4.69) is 14.9 Å². The lowest BCUT2D eigenvalue weighted by molar-refractivity contribution is 0.0730. The second-order valence-electron chi connectivity index (χ2n) is 7.24. The molecular formula is C20H25N5O4S. The Morgan fingerprint density at radius 3 is 2.73 bits per heavy atom. The molecule has 1 saturated heterocycles. The van der Waals surface area contributed by atoms with Crippen LogP contribution in [0.15, 0.2) is 41.4 Å². The molecule has 9 nitrogen and oxygen atoms in total. The van der Waals surface area contributed by atoms with Crippen molar-refractivity contribution in [1.82, 2.24) is 23.7 Å². The Labute approximate surface area is 175 Å². The number of morpholine rings is 1. The molecule has 30 heavy (non-hydrogen) atoms. The lowest BCUT2D eigenvalue weighted by atomic mass is 10.3. The number of benzene rings is 1. The van der Waals surface area contributed by atoms with Gasteiger partial charge in [-0.1, -0.05) is 12.1 Å². The Morgan fingerprint density at radius 2 is 1.97 bits per heavy atom. The molecular weight excluding hydrogens is 406 g/mol. The van der Waals surface area contributed by atoms with Gasteiger partial charge in [0.1, 0.15) is 16.4 Å². The lowest BCUT2D eigenvalue weighted by Gasteiger charge is -2.25. The van der Waals surface area contributed by atoms with E-state index in [0.29, 0.717) is 45.1 Å². The number of carbonyl (C=O) groups excluding carboxylic acids is 1. The van der Waals surface area contributed by atoms with Crippen molar-refractivity contribution >= 4 is 27.0 Å². The van der Waals surface area contributed by atoms with Crippen LogP contribution < -0.4 is 5.32 Å². The van der Waals surface area contributed by atoms with Crippen LogP contribution in [0.5, 0.6) is 0 Å². The minimum absolute atomic E-state index is 0.119. The molecule has 160 valence electrons. The number of sulfonamides is 1. The third kappa shape index (κ3) is 3.85. The fourth-order valence-corrected chi connectivity index (χ4v) is 5.17. The number of para-hydroxylation sites is 2. The van der Waals surface area contributed by atoms with Crippen LogP contribution in [-0.2, 0) is 28.4 Å². The zero-order valence-electron chi connectivity index (χ0n) is 17.0. The average Bonchev–Trinajstić information content (AvgIpc) is 3.29. The molecule has 1 aromatic carbocycles. The monoisotopic (exact) mass is 431 g/mol. The van der Waals surface area contributed by atoms with Crippen molar-refractivity contribution in [2.75, 3.05) is 32.8 Å². The largest absolute Gasteiger partial charge is 0.379 e. The topological polar surface area (TPSA) is 98.5 Å². The highest BCUT2D eigenvalue weighted by atomic mass is 32.2. The van der Waals surface area contributed by atoms with Gasteiger partial charge in [-0.05, 0) is 25.1 Å². The van der Waals surface area contributed by atoms with Crippen molar-refractivity contribution in [3.8, 4) is 0 Å². The van der Waals surface area contributed by atoms with Gasteiger partial charge in [0.15, 0.2) is 0 Å². The SMILES string of the molecule is Cc1nc2ccccc2n1CCNC(=O)c1cc(S(=O)(=O)N2CCOCC2)cn1C. The van der Waals surface area contributed by atoms with Crippen molar-refractivity contribution in [3.63, 3.8) is 0 Å². The minimum atomic E-state index is -3.64. The summed E-state index contributed by atoms with van der Waals surface area (Å²) in [6.07, 6.45) is 1.48. The van der Waals surface area contributed by atoms with Gasteiger partial charge in [-0.2, -0.15) is 4.31 Å². The van der Waals surface area contributed by atoms with Crippen molar-refractivity contribution < 1.29 is 17.9 Å². The second kappa shape index (κ2) is 8.21. The summed E-state index contributed by atoms with van der Waals surface area (Å²) in [6.45, 7) is 4.29. The van der Waals surface area contributed by atoms with Crippen LogP contribution in [0, 0.1) is 6.92 Å². The number of rotatable bonds is 6. The Kier molecular flexibility index (Phi) is 5.63. The fraction of sp³-hybridized carbons (Fsp3) is 0.400. The van der Waals surface area contributed by atoms with Crippen LogP contribution in [0.25, 0.3) is 11.0 Å². The number of imidazole rings is 1. The predicted octanol–water partition coefficient (Wildman–Crippen LogP) is 1.13. The number of hydrogen-bond acceptors (Lipinski definition) is 5. The highest BCUT2D eigenvalue weighted by molar-refractivity contribution is 7.89. The van der Waals surface area contributed by atoms with Gasteiger partial charge >= 0.3 is 0 Å². The van der Waals surface area contributed by atoms with E-state index >= 15 is 0 Å². The summed E-state index contributed by atoms with van der Waals surface area (Å²) in [7, 11) is -1.98. The van der Waals surface area contributed by atoms with Gasteiger partial charge in [-0.15, -0.1) is 0 Å². The van der Waals surface area contributed by atoms with Gasteiger partial charge < -0.3 is 19.2 Å². The molecule has 2 aromatic heterocycles. The number of amides is 1. The third-order valence-corrected chi connectivity index (χ3v) is 7.15. The molecule has 1 amide bonds. The van der Waals surface area contributed by atoms with Gasteiger partial charge in [0.05, 0.1) is 24.2 Å². The number of carbonyl (C=O) groups is 1. The zero-order chi connectivity index (χ0) is 21.3. The molecule has 3 heterocycles. The van der Waals surface area contributed by atoms with Crippen LogP contribution >= 0.6 is 0 Å². The van der Waals surface area contributed by atoms with Crippen molar-refractivity contribution in [2.45, 2.75) is 18.4 Å². The molecule has 0 aliphatic carbocycles. The molecule has 0 unspecified atom stereocenters. The van der Waals surface area contributed by atoms with Crippen molar-refractivity contribution in [1.29, 1.82) is 0 Å². The molecule has 1 aliphatic rings. The normalized spacial score (nSPS) is 15.5. The van der Waals surface area contributed by atoms with E-state index in [1.807, 2.05) is 31.2 Å². The van der Waals surface area contributed by atoms with Crippen molar-refractivity contribution in [3.05, 3.63) is 48.0 Å². The molecule has 4 rings (SSSR count). The standard InChI is InChI=1S/C20H25N5O4S/c1-15-22-17-5-3-4-6-18(17)25(15)8-7-21-20(26)19-13-16(14-23(19)2)30(27,28)24-9-11-29-12-10-24/h3-6,13-14H,7-12H2,1-2H3,(H,21,26). The highest BCUT2D eigenvalue weighted by Gasteiger charge is 2.28. The number of ether oxygens (including phenoxy) is 1. The fourth-order valence-electron chi connectivity index (χ4n) is 3.69. The van der Waals surface area contributed by atoms with E-state index in [1.165, 1.54) is 16.6 Å². The number of aromatic nitrogens is 3. The first kappa shape index (κ1) is 20.6. The second-order valence-corrected chi connectivity index (χ2v) is 9.18. The molecule has 0 atom stereocenters. The lowest BCUT2D eigenvalue weighted by Crippen LogP contribution is -2.40. The first-order valence-corrected chi connectivity index (χ1v) is 11.3. The van der Waals surface area contributed by atoms with Gasteiger partial charge in [-0.3, -0.25) is 4.79 Å². The minimum Gasteiger partial charge on any atom is -0.379 e. The van der Waals surface area contributed by atoms with Crippen LogP contribution in [0.1, 0.15) is 16.3 Å².